The number of rotatable bonds is 6. The van der Waals surface area contributed by atoms with Gasteiger partial charge in [0.2, 0.25) is 0 Å². The second-order valence-corrected chi connectivity index (χ2v) is 6.29. The van der Waals surface area contributed by atoms with Crippen molar-refractivity contribution in [3.63, 3.8) is 0 Å². The molecule has 3 rings (SSSR count). The zero-order valence-electron chi connectivity index (χ0n) is 16.0. The van der Waals surface area contributed by atoms with Gasteiger partial charge in [-0.25, -0.2) is 0 Å². The number of hydrogen-bond acceptors (Lipinski definition) is 4. The van der Waals surface area contributed by atoms with Crippen molar-refractivity contribution in [3.8, 4) is 22.9 Å². The number of ether oxygens (including phenoxy) is 1. The molecule has 0 bridgehead atoms. The highest BCUT2D eigenvalue weighted by Gasteiger charge is 2.04. The smallest absolute Gasteiger partial charge is 0.276 e. The minimum absolute atomic E-state index is 0.269. The molecule has 148 valence electrons. The summed E-state index contributed by atoms with van der Waals surface area (Å²) >= 11 is 0. The Balaban J connectivity index is 1.46. The SMILES string of the molecule is N#Cc1ccc(OCC(=O)NNC(=O)C=Cc2cccc(-c3ccccc3)c2)cc1. The van der Waals surface area contributed by atoms with Gasteiger partial charge in [-0.1, -0.05) is 48.5 Å². The highest BCUT2D eigenvalue weighted by atomic mass is 16.5. The first-order valence-electron chi connectivity index (χ1n) is 9.19. The summed E-state index contributed by atoms with van der Waals surface area (Å²) in [4.78, 5) is 23.7. The predicted molar refractivity (Wildman–Crippen MR) is 114 cm³/mol. The van der Waals surface area contributed by atoms with E-state index >= 15 is 0 Å². The molecule has 0 radical (unpaired) electrons. The summed E-state index contributed by atoms with van der Waals surface area (Å²) in [6, 6.07) is 26.1. The van der Waals surface area contributed by atoms with Crippen LogP contribution in [-0.2, 0) is 9.59 Å². The average Bonchev–Trinajstić information content (AvgIpc) is 2.81. The number of hydrogen-bond donors (Lipinski definition) is 2. The van der Waals surface area contributed by atoms with Crippen molar-refractivity contribution < 1.29 is 14.3 Å². The first kappa shape index (κ1) is 20.4. The summed E-state index contributed by atoms with van der Waals surface area (Å²) < 4.78 is 5.29. The van der Waals surface area contributed by atoms with Crippen LogP contribution in [0.1, 0.15) is 11.1 Å². The Morgan fingerprint density at radius 3 is 2.37 bits per heavy atom. The topological polar surface area (TPSA) is 91.2 Å². The lowest BCUT2D eigenvalue weighted by Crippen LogP contribution is -2.43. The van der Waals surface area contributed by atoms with Crippen LogP contribution in [-0.4, -0.2) is 18.4 Å². The molecule has 0 aromatic heterocycles. The lowest BCUT2D eigenvalue weighted by molar-refractivity contribution is -0.128. The maximum absolute atomic E-state index is 11.9. The van der Waals surface area contributed by atoms with Gasteiger partial charge in [0.25, 0.3) is 11.8 Å². The van der Waals surface area contributed by atoms with Crippen molar-refractivity contribution in [2.24, 2.45) is 0 Å². The molecule has 0 saturated carbocycles. The Labute approximate surface area is 174 Å². The molecule has 3 aromatic rings. The van der Waals surface area contributed by atoms with Gasteiger partial charge in [-0.2, -0.15) is 5.26 Å². The van der Waals surface area contributed by atoms with Gasteiger partial charge in [-0.3, -0.25) is 20.4 Å². The quantitative estimate of drug-likeness (QED) is 0.492. The average molecular weight is 397 g/mol. The number of benzene rings is 3. The highest BCUT2D eigenvalue weighted by molar-refractivity contribution is 5.93. The highest BCUT2D eigenvalue weighted by Crippen LogP contribution is 2.20. The normalized spacial score (nSPS) is 10.2. The van der Waals surface area contributed by atoms with E-state index in [0.717, 1.165) is 16.7 Å². The van der Waals surface area contributed by atoms with E-state index in [4.69, 9.17) is 10.00 Å². The third kappa shape index (κ3) is 6.08. The van der Waals surface area contributed by atoms with Crippen LogP contribution in [0.2, 0.25) is 0 Å². The number of nitriles is 1. The monoisotopic (exact) mass is 397 g/mol. The second-order valence-electron chi connectivity index (χ2n) is 6.29. The molecular weight excluding hydrogens is 378 g/mol. The molecule has 6 heteroatoms. The number of amides is 2. The van der Waals surface area contributed by atoms with Gasteiger partial charge in [0.15, 0.2) is 6.61 Å². The summed E-state index contributed by atoms with van der Waals surface area (Å²) in [5.41, 5.74) is 8.09. The summed E-state index contributed by atoms with van der Waals surface area (Å²) in [6.45, 7) is -0.269. The standard InChI is InChI=1S/C24H19N3O3/c25-16-19-9-12-22(13-10-19)30-17-24(29)27-26-23(28)14-11-18-5-4-8-21(15-18)20-6-2-1-3-7-20/h1-15H,17H2,(H,26,28)(H,27,29). The number of carbonyl (C=O) groups is 2. The minimum atomic E-state index is -0.507. The van der Waals surface area contributed by atoms with E-state index in [1.54, 1.807) is 30.3 Å². The molecule has 6 nitrogen and oxygen atoms in total. The van der Waals surface area contributed by atoms with E-state index in [2.05, 4.69) is 10.9 Å². The minimum Gasteiger partial charge on any atom is -0.484 e. The van der Waals surface area contributed by atoms with Crippen molar-refractivity contribution in [1.82, 2.24) is 10.9 Å². The van der Waals surface area contributed by atoms with Gasteiger partial charge in [-0.15, -0.1) is 0 Å². The first-order chi connectivity index (χ1) is 14.6. The largest absolute Gasteiger partial charge is 0.484 e. The zero-order valence-corrected chi connectivity index (χ0v) is 16.0. The summed E-state index contributed by atoms with van der Waals surface area (Å²) in [5.74, 6) is -0.521. The fourth-order valence-electron chi connectivity index (χ4n) is 2.61. The molecular formula is C24H19N3O3. The van der Waals surface area contributed by atoms with Crippen LogP contribution in [0.15, 0.2) is 84.9 Å². The van der Waals surface area contributed by atoms with Crippen LogP contribution in [0, 0.1) is 11.3 Å². The number of carbonyl (C=O) groups excluding carboxylic acids is 2. The van der Waals surface area contributed by atoms with Gasteiger partial charge in [-0.05, 0) is 53.1 Å². The van der Waals surface area contributed by atoms with Crippen LogP contribution in [0.3, 0.4) is 0 Å². The number of hydrazine groups is 1. The van der Waals surface area contributed by atoms with Gasteiger partial charge in [0.1, 0.15) is 5.75 Å². The fourth-order valence-corrected chi connectivity index (χ4v) is 2.61. The van der Waals surface area contributed by atoms with Crippen molar-refractivity contribution in [2.45, 2.75) is 0 Å². The van der Waals surface area contributed by atoms with Crippen LogP contribution in [0.25, 0.3) is 17.2 Å². The van der Waals surface area contributed by atoms with E-state index in [1.807, 2.05) is 60.7 Å². The maximum Gasteiger partial charge on any atom is 0.276 e. The Kier molecular flexibility index (Phi) is 6.96. The third-order valence-electron chi connectivity index (χ3n) is 4.10. The van der Waals surface area contributed by atoms with E-state index < -0.39 is 11.8 Å². The molecule has 0 heterocycles. The third-order valence-corrected chi connectivity index (χ3v) is 4.10. The molecule has 0 aliphatic rings. The molecule has 3 aromatic carbocycles. The molecule has 0 aliphatic carbocycles. The molecule has 30 heavy (non-hydrogen) atoms. The number of nitrogens with zero attached hydrogens (tertiary/aromatic N) is 1. The molecule has 0 unspecified atom stereocenters. The molecule has 0 fully saturated rings. The first-order valence-corrected chi connectivity index (χ1v) is 9.19. The van der Waals surface area contributed by atoms with Gasteiger partial charge >= 0.3 is 0 Å². The molecule has 0 saturated heterocycles. The second kappa shape index (κ2) is 10.2. The predicted octanol–water partition coefficient (Wildman–Crippen LogP) is 3.46. The van der Waals surface area contributed by atoms with E-state index in [9.17, 15) is 9.59 Å². The lowest BCUT2D eigenvalue weighted by atomic mass is 10.0. The van der Waals surface area contributed by atoms with Gasteiger partial charge < -0.3 is 4.74 Å². The Bertz CT molecular complexity index is 1080. The lowest BCUT2D eigenvalue weighted by Gasteiger charge is -2.07. The van der Waals surface area contributed by atoms with E-state index in [1.165, 1.54) is 6.08 Å². The van der Waals surface area contributed by atoms with Gasteiger partial charge in [0.05, 0.1) is 11.6 Å². The zero-order chi connectivity index (χ0) is 21.2. The van der Waals surface area contributed by atoms with Crippen molar-refractivity contribution in [1.29, 1.82) is 5.26 Å². The van der Waals surface area contributed by atoms with Crippen molar-refractivity contribution in [3.05, 3.63) is 96.1 Å². The Hall–Kier alpha value is -4.37. The van der Waals surface area contributed by atoms with E-state index in [-0.39, 0.29) is 6.61 Å². The number of nitrogens with one attached hydrogen (secondary N) is 2. The van der Waals surface area contributed by atoms with Crippen LogP contribution < -0.4 is 15.6 Å². The van der Waals surface area contributed by atoms with Crippen LogP contribution >= 0.6 is 0 Å². The maximum atomic E-state index is 11.9. The molecule has 0 spiro atoms. The van der Waals surface area contributed by atoms with Crippen molar-refractivity contribution >= 4 is 17.9 Å². The van der Waals surface area contributed by atoms with E-state index in [0.29, 0.717) is 11.3 Å². The molecule has 2 amide bonds. The summed E-state index contributed by atoms with van der Waals surface area (Å²) in [7, 11) is 0. The fraction of sp³-hybridized carbons (Fsp3) is 0.0417. The van der Waals surface area contributed by atoms with Crippen LogP contribution in [0.5, 0.6) is 5.75 Å². The van der Waals surface area contributed by atoms with Crippen LogP contribution in [0.4, 0.5) is 0 Å². The Morgan fingerprint density at radius 1 is 0.900 bits per heavy atom. The molecule has 2 N–H and O–H groups in total. The summed E-state index contributed by atoms with van der Waals surface area (Å²) in [6.07, 6.45) is 3.01. The van der Waals surface area contributed by atoms with Crippen molar-refractivity contribution in [2.75, 3.05) is 6.61 Å². The molecule has 0 atom stereocenters. The van der Waals surface area contributed by atoms with Gasteiger partial charge in [0, 0.05) is 6.08 Å². The molecule has 0 aliphatic heterocycles. The Morgan fingerprint density at radius 2 is 1.63 bits per heavy atom. The summed E-state index contributed by atoms with van der Waals surface area (Å²) in [5, 5.41) is 8.75.